The predicted octanol–water partition coefficient (Wildman–Crippen LogP) is 1.42. The molecule has 5 nitrogen and oxygen atoms in total. The van der Waals surface area contributed by atoms with Crippen LogP contribution in [0.5, 0.6) is 0 Å². The Hall–Kier alpha value is -2.25. The van der Waals surface area contributed by atoms with E-state index in [2.05, 4.69) is 10.6 Å². The number of nitrogens with two attached hydrogens (primary N) is 1. The predicted molar refractivity (Wildman–Crippen MR) is 70.3 cm³/mol. The summed E-state index contributed by atoms with van der Waals surface area (Å²) in [6.07, 6.45) is -3.98. The van der Waals surface area contributed by atoms with Gasteiger partial charge >= 0.3 is 12.2 Å². The van der Waals surface area contributed by atoms with Crippen LogP contribution < -0.4 is 16.4 Å². The molecule has 0 aliphatic heterocycles. The zero-order valence-corrected chi connectivity index (χ0v) is 11.3. The molecular weight excluding hydrogens is 287 g/mol. The van der Waals surface area contributed by atoms with Crippen molar-refractivity contribution in [2.24, 2.45) is 5.73 Å². The number of amides is 3. The SMILES string of the molecule is CC(NC(N)=O)C(=O)NCCc1ccc(C(F)(F)F)cc1. The second-order valence-electron chi connectivity index (χ2n) is 4.47. The van der Waals surface area contributed by atoms with E-state index in [1.165, 1.54) is 19.1 Å². The molecule has 0 aliphatic carbocycles. The van der Waals surface area contributed by atoms with Crippen molar-refractivity contribution in [1.29, 1.82) is 0 Å². The molecule has 1 atom stereocenters. The number of hydrogen-bond donors (Lipinski definition) is 3. The van der Waals surface area contributed by atoms with E-state index < -0.39 is 29.7 Å². The fourth-order valence-electron chi connectivity index (χ4n) is 1.62. The smallest absolute Gasteiger partial charge is 0.354 e. The minimum absolute atomic E-state index is 0.245. The molecule has 1 aromatic carbocycles. The number of nitrogens with one attached hydrogen (secondary N) is 2. The van der Waals surface area contributed by atoms with Crippen LogP contribution in [-0.4, -0.2) is 24.5 Å². The molecule has 0 saturated carbocycles. The van der Waals surface area contributed by atoms with Crippen molar-refractivity contribution in [2.45, 2.75) is 25.6 Å². The molecule has 116 valence electrons. The highest BCUT2D eigenvalue weighted by Crippen LogP contribution is 2.29. The van der Waals surface area contributed by atoms with Gasteiger partial charge in [-0.1, -0.05) is 12.1 Å². The molecule has 0 radical (unpaired) electrons. The lowest BCUT2D eigenvalue weighted by molar-refractivity contribution is -0.137. The van der Waals surface area contributed by atoms with E-state index in [9.17, 15) is 22.8 Å². The van der Waals surface area contributed by atoms with E-state index in [0.29, 0.717) is 12.0 Å². The van der Waals surface area contributed by atoms with Crippen molar-refractivity contribution in [3.05, 3.63) is 35.4 Å². The van der Waals surface area contributed by atoms with Gasteiger partial charge in [-0.2, -0.15) is 13.2 Å². The number of primary amides is 1. The van der Waals surface area contributed by atoms with Crippen LogP contribution in [0, 0.1) is 0 Å². The van der Waals surface area contributed by atoms with Crippen LogP contribution in [0.3, 0.4) is 0 Å². The van der Waals surface area contributed by atoms with Crippen LogP contribution in [0.1, 0.15) is 18.1 Å². The van der Waals surface area contributed by atoms with E-state index >= 15 is 0 Å². The number of alkyl halides is 3. The molecule has 3 amide bonds. The molecule has 1 unspecified atom stereocenters. The first-order chi connectivity index (χ1) is 9.70. The molecule has 0 bridgehead atoms. The Labute approximate surface area is 119 Å². The Morgan fingerprint density at radius 1 is 1.24 bits per heavy atom. The van der Waals surface area contributed by atoms with Crippen molar-refractivity contribution in [2.75, 3.05) is 6.54 Å². The number of hydrogen-bond acceptors (Lipinski definition) is 2. The second kappa shape index (κ2) is 6.96. The van der Waals surface area contributed by atoms with E-state index in [4.69, 9.17) is 5.73 Å². The number of carbonyl (C=O) groups excluding carboxylic acids is 2. The van der Waals surface area contributed by atoms with Crippen LogP contribution in [0.25, 0.3) is 0 Å². The van der Waals surface area contributed by atoms with Gasteiger partial charge in [0.15, 0.2) is 0 Å². The molecule has 0 saturated heterocycles. The van der Waals surface area contributed by atoms with Gasteiger partial charge in [-0.3, -0.25) is 4.79 Å². The fraction of sp³-hybridized carbons (Fsp3) is 0.385. The summed E-state index contributed by atoms with van der Waals surface area (Å²) in [6, 6.07) is 3.14. The maximum atomic E-state index is 12.4. The Morgan fingerprint density at radius 2 is 1.81 bits per heavy atom. The molecule has 0 aliphatic rings. The number of benzene rings is 1. The van der Waals surface area contributed by atoms with E-state index in [-0.39, 0.29) is 6.54 Å². The average molecular weight is 303 g/mol. The fourth-order valence-corrected chi connectivity index (χ4v) is 1.62. The van der Waals surface area contributed by atoms with E-state index in [1.807, 2.05) is 0 Å². The normalized spacial score (nSPS) is 12.6. The standard InChI is InChI=1S/C13H16F3N3O2/c1-8(19-12(17)21)11(20)18-7-6-9-2-4-10(5-3-9)13(14,15)16/h2-5,8H,6-7H2,1H3,(H,18,20)(H3,17,19,21). The van der Waals surface area contributed by atoms with Gasteiger partial charge in [-0.05, 0) is 31.0 Å². The van der Waals surface area contributed by atoms with Gasteiger partial charge in [-0.25, -0.2) is 4.79 Å². The van der Waals surface area contributed by atoms with Gasteiger partial charge in [0.2, 0.25) is 5.91 Å². The summed E-state index contributed by atoms with van der Waals surface area (Å²) >= 11 is 0. The average Bonchev–Trinajstić information content (AvgIpc) is 2.37. The Morgan fingerprint density at radius 3 is 2.29 bits per heavy atom. The third kappa shape index (κ3) is 5.72. The maximum Gasteiger partial charge on any atom is 0.416 e. The van der Waals surface area contributed by atoms with Crippen LogP contribution in [0.2, 0.25) is 0 Å². The zero-order valence-electron chi connectivity index (χ0n) is 11.3. The summed E-state index contributed by atoms with van der Waals surface area (Å²) in [5.74, 6) is -0.416. The number of halogens is 3. The lowest BCUT2D eigenvalue weighted by Crippen LogP contribution is -2.47. The number of urea groups is 1. The topological polar surface area (TPSA) is 84.2 Å². The van der Waals surface area contributed by atoms with Gasteiger partial charge in [0, 0.05) is 6.54 Å². The van der Waals surface area contributed by atoms with E-state index in [1.54, 1.807) is 0 Å². The van der Waals surface area contributed by atoms with Gasteiger partial charge in [-0.15, -0.1) is 0 Å². The maximum absolute atomic E-state index is 12.4. The summed E-state index contributed by atoms with van der Waals surface area (Å²) in [7, 11) is 0. The summed E-state index contributed by atoms with van der Waals surface area (Å²) in [6.45, 7) is 1.72. The van der Waals surface area contributed by atoms with Gasteiger partial charge in [0.25, 0.3) is 0 Å². The molecule has 4 N–H and O–H groups in total. The third-order valence-electron chi connectivity index (χ3n) is 2.75. The Bertz CT molecular complexity index is 500. The molecule has 0 spiro atoms. The largest absolute Gasteiger partial charge is 0.416 e. The van der Waals surface area contributed by atoms with Crippen LogP contribution in [-0.2, 0) is 17.4 Å². The zero-order chi connectivity index (χ0) is 16.0. The van der Waals surface area contributed by atoms with Crippen molar-refractivity contribution in [1.82, 2.24) is 10.6 Å². The summed E-state index contributed by atoms with van der Waals surface area (Å²) in [4.78, 5) is 22.1. The highest BCUT2D eigenvalue weighted by molar-refractivity contribution is 5.86. The van der Waals surface area contributed by atoms with E-state index in [0.717, 1.165) is 12.1 Å². The first-order valence-electron chi connectivity index (χ1n) is 6.20. The van der Waals surface area contributed by atoms with Crippen molar-refractivity contribution < 1.29 is 22.8 Å². The minimum atomic E-state index is -4.36. The number of carbonyl (C=O) groups is 2. The molecule has 1 aromatic rings. The summed E-state index contributed by atoms with van der Waals surface area (Å²) in [5.41, 5.74) is 4.83. The summed E-state index contributed by atoms with van der Waals surface area (Å²) in [5, 5.41) is 4.77. The Kier molecular flexibility index (Phi) is 5.57. The third-order valence-corrected chi connectivity index (χ3v) is 2.75. The molecular formula is C13H16F3N3O2. The molecule has 0 heterocycles. The molecule has 0 fully saturated rings. The molecule has 1 rings (SSSR count). The van der Waals surface area contributed by atoms with Crippen LogP contribution >= 0.6 is 0 Å². The van der Waals surface area contributed by atoms with Crippen molar-refractivity contribution in [3.8, 4) is 0 Å². The van der Waals surface area contributed by atoms with Crippen LogP contribution in [0.4, 0.5) is 18.0 Å². The second-order valence-corrected chi connectivity index (χ2v) is 4.47. The monoisotopic (exact) mass is 303 g/mol. The first-order valence-corrected chi connectivity index (χ1v) is 6.20. The lowest BCUT2D eigenvalue weighted by Gasteiger charge is -2.12. The van der Waals surface area contributed by atoms with Crippen molar-refractivity contribution in [3.63, 3.8) is 0 Å². The van der Waals surface area contributed by atoms with Gasteiger partial charge in [0.1, 0.15) is 6.04 Å². The highest BCUT2D eigenvalue weighted by Gasteiger charge is 2.29. The summed E-state index contributed by atoms with van der Waals surface area (Å²) < 4.78 is 37.1. The van der Waals surface area contributed by atoms with Crippen LogP contribution in [0.15, 0.2) is 24.3 Å². The quantitative estimate of drug-likeness (QED) is 0.768. The first kappa shape index (κ1) is 16.8. The minimum Gasteiger partial charge on any atom is -0.354 e. The van der Waals surface area contributed by atoms with Gasteiger partial charge in [0.05, 0.1) is 5.56 Å². The molecule has 8 heteroatoms. The van der Waals surface area contributed by atoms with Gasteiger partial charge < -0.3 is 16.4 Å². The molecule has 0 aromatic heterocycles. The Balaban J connectivity index is 2.42. The number of rotatable bonds is 5. The highest BCUT2D eigenvalue weighted by atomic mass is 19.4. The van der Waals surface area contributed by atoms with Crippen molar-refractivity contribution >= 4 is 11.9 Å². The lowest BCUT2D eigenvalue weighted by atomic mass is 10.1. The molecule has 21 heavy (non-hydrogen) atoms.